The maximum Gasteiger partial charge on any atom is 0.363 e. The summed E-state index contributed by atoms with van der Waals surface area (Å²) in [5.74, 6) is -8.34. The molecule has 9 nitrogen and oxygen atoms in total. The minimum atomic E-state index is -2.17. The van der Waals surface area contributed by atoms with Crippen LogP contribution in [0.25, 0.3) is 33.1 Å². The van der Waals surface area contributed by atoms with Crippen LogP contribution >= 0.6 is 11.6 Å². The summed E-state index contributed by atoms with van der Waals surface area (Å²) in [5, 5.41) is 15.3. The highest BCUT2D eigenvalue weighted by molar-refractivity contribution is 6.17. The van der Waals surface area contributed by atoms with E-state index in [9.17, 15) is 14.7 Å². The number of alkyl halides is 1. The van der Waals surface area contributed by atoms with Gasteiger partial charge in [-0.2, -0.15) is 0 Å². The fourth-order valence-electron chi connectivity index (χ4n) is 6.74. The highest BCUT2D eigenvalue weighted by atomic mass is 35.5. The molecule has 0 saturated heterocycles. The number of anilines is 4. The van der Waals surface area contributed by atoms with Crippen LogP contribution in [-0.2, 0) is 9.47 Å². The van der Waals surface area contributed by atoms with Crippen molar-refractivity contribution in [3.05, 3.63) is 126 Å². The van der Waals surface area contributed by atoms with Crippen LogP contribution in [0.1, 0.15) is 46.4 Å². The molecule has 1 N–H and O–H groups in total. The molecule has 0 saturated carbocycles. The number of carboxylic acids is 1. The Morgan fingerprint density at radius 3 is 1.69 bits per heavy atom. The van der Waals surface area contributed by atoms with Crippen LogP contribution in [-0.4, -0.2) is 64.8 Å². The molecule has 5 aromatic carbocycles. The van der Waals surface area contributed by atoms with E-state index in [1.54, 1.807) is 36.4 Å². The van der Waals surface area contributed by atoms with Crippen LogP contribution in [0.15, 0.2) is 101 Å². The van der Waals surface area contributed by atoms with Crippen molar-refractivity contribution in [2.75, 3.05) is 62.7 Å². The van der Waals surface area contributed by atoms with Gasteiger partial charge in [0.2, 0.25) is 0 Å². The normalized spacial score (nSPS) is 11.3. The molecule has 0 radical (unpaired) electrons. The van der Waals surface area contributed by atoms with Gasteiger partial charge in [0.15, 0.2) is 11.6 Å². The Morgan fingerprint density at radius 1 is 0.638 bits per heavy atom. The SMILES string of the molecule is CN(c1ccccc1)c1ccc2c(-c3c(F)c(C(=O)NCCOCCOCCCCCCCl)c(F)c(F)c3C(=O)[O-])c3ccc(N(C)c4ccccc4)cc3[o+]c2c1. The third kappa shape index (κ3) is 9.36. The van der Waals surface area contributed by atoms with Crippen LogP contribution in [0.3, 0.4) is 0 Å². The number of nitrogens with one attached hydrogen (secondary N) is 1. The molecule has 302 valence electrons. The third-order valence-electron chi connectivity index (χ3n) is 9.83. The lowest BCUT2D eigenvalue weighted by molar-refractivity contribution is -0.255. The van der Waals surface area contributed by atoms with Gasteiger partial charge < -0.3 is 34.5 Å². The van der Waals surface area contributed by atoms with Crippen LogP contribution in [0.2, 0.25) is 0 Å². The second-order valence-electron chi connectivity index (χ2n) is 13.6. The van der Waals surface area contributed by atoms with Crippen molar-refractivity contribution in [1.82, 2.24) is 5.32 Å². The van der Waals surface area contributed by atoms with Crippen molar-refractivity contribution in [3.63, 3.8) is 0 Å². The molecular weight excluding hydrogens is 771 g/mol. The zero-order chi connectivity index (χ0) is 41.2. The number of hydrogen-bond donors (Lipinski definition) is 1. The maximum atomic E-state index is 17.0. The van der Waals surface area contributed by atoms with Crippen LogP contribution in [0.5, 0.6) is 0 Å². The van der Waals surface area contributed by atoms with Gasteiger partial charge in [0, 0.05) is 61.2 Å². The standard InChI is InChI=1S/C45H43ClF3N3O6/c1-51(29-13-7-5-8-14-29)31-17-19-33-35(27-31)58-36-28-32(52(2)30-15-9-6-10-16-30)18-20-34(36)37(33)38-39(45(54)55)42(48)43(49)40(41(38)47)44(53)50-22-24-57-26-25-56-23-12-4-3-11-21-46/h5-10,13-20,27-28H,3-4,11-12,21-26H2,1-2H3,(H-,50,53,54,55). The third-order valence-corrected chi connectivity index (χ3v) is 10.1. The number of aromatic carboxylic acids is 1. The summed E-state index contributed by atoms with van der Waals surface area (Å²) < 4.78 is 66.0. The Morgan fingerprint density at radius 2 is 1.16 bits per heavy atom. The molecule has 1 heterocycles. The molecule has 1 amide bonds. The molecule has 0 aliphatic heterocycles. The van der Waals surface area contributed by atoms with Gasteiger partial charge in [-0.05, 0) is 61.4 Å². The largest absolute Gasteiger partial charge is 0.545 e. The number of fused-ring (bicyclic) bond motifs is 2. The first kappa shape index (κ1) is 41.9. The van der Waals surface area contributed by atoms with E-state index in [-0.39, 0.29) is 47.3 Å². The number of carbonyl (C=O) groups excluding carboxylic acids is 2. The monoisotopic (exact) mass is 813 g/mol. The molecule has 0 spiro atoms. The van der Waals surface area contributed by atoms with Crippen LogP contribution in [0.4, 0.5) is 35.9 Å². The zero-order valence-corrected chi connectivity index (χ0v) is 32.9. The van der Waals surface area contributed by atoms with E-state index in [0.717, 1.165) is 37.1 Å². The first-order chi connectivity index (χ1) is 28.1. The van der Waals surface area contributed by atoms with E-state index >= 15 is 13.2 Å². The van der Waals surface area contributed by atoms with E-state index in [0.29, 0.717) is 30.5 Å². The molecule has 6 aromatic rings. The number of ether oxygens (including phenoxy) is 2. The van der Waals surface area contributed by atoms with Gasteiger partial charge in [-0.3, -0.25) is 4.79 Å². The second kappa shape index (κ2) is 19.6. The van der Waals surface area contributed by atoms with Gasteiger partial charge in [0.1, 0.15) is 11.4 Å². The molecular formula is C45H43ClF3N3O6. The first-order valence-corrected chi connectivity index (χ1v) is 19.5. The predicted octanol–water partition coefficient (Wildman–Crippen LogP) is 9.41. The lowest BCUT2D eigenvalue weighted by Crippen LogP contribution is -2.32. The number of carboxylic acid groups (broad SMARTS) is 1. The summed E-state index contributed by atoms with van der Waals surface area (Å²) in [7, 11) is 3.68. The number of benzene rings is 5. The average Bonchev–Trinajstić information content (AvgIpc) is 3.24. The fraction of sp³-hybridized carbons (Fsp3) is 0.267. The highest BCUT2D eigenvalue weighted by Crippen LogP contribution is 2.44. The summed E-state index contributed by atoms with van der Waals surface area (Å²) >= 11 is 5.69. The lowest BCUT2D eigenvalue weighted by atomic mass is 9.90. The van der Waals surface area contributed by atoms with Crippen molar-refractivity contribution < 1.29 is 41.8 Å². The van der Waals surface area contributed by atoms with E-state index in [1.165, 1.54) is 0 Å². The molecule has 0 aliphatic rings. The number of unbranched alkanes of at least 4 members (excludes halogenated alkanes) is 3. The molecule has 0 aliphatic carbocycles. The Kier molecular flexibility index (Phi) is 14.2. The second-order valence-corrected chi connectivity index (χ2v) is 13.9. The topological polar surface area (TPSA) is 105 Å². The van der Waals surface area contributed by atoms with Crippen molar-refractivity contribution >= 4 is 68.2 Å². The lowest BCUT2D eigenvalue weighted by Gasteiger charge is -2.21. The molecule has 58 heavy (non-hydrogen) atoms. The Bertz CT molecular complexity index is 2280. The van der Waals surface area contributed by atoms with Gasteiger partial charge in [0.05, 0.1) is 60.1 Å². The van der Waals surface area contributed by atoms with Crippen molar-refractivity contribution in [3.8, 4) is 11.1 Å². The van der Waals surface area contributed by atoms with Gasteiger partial charge in [0.25, 0.3) is 5.91 Å². The number of para-hydroxylation sites is 2. The van der Waals surface area contributed by atoms with Crippen molar-refractivity contribution in [1.29, 1.82) is 0 Å². The number of halogens is 4. The molecule has 0 bridgehead atoms. The van der Waals surface area contributed by atoms with Gasteiger partial charge in [-0.1, -0.05) is 49.2 Å². The number of carbonyl (C=O) groups is 2. The van der Waals surface area contributed by atoms with Gasteiger partial charge in [-0.25, -0.2) is 17.6 Å². The number of amides is 1. The number of nitrogens with zero attached hydrogens (tertiary/aromatic N) is 2. The Hall–Kier alpha value is -5.69. The molecule has 0 fully saturated rings. The van der Waals surface area contributed by atoms with Crippen LogP contribution < -0.4 is 20.2 Å². The fourth-order valence-corrected chi connectivity index (χ4v) is 6.93. The van der Waals surface area contributed by atoms with E-state index in [1.807, 2.05) is 84.6 Å². The maximum absolute atomic E-state index is 17.0. The van der Waals surface area contributed by atoms with E-state index in [2.05, 4.69) is 5.32 Å². The molecule has 0 atom stereocenters. The van der Waals surface area contributed by atoms with E-state index in [4.69, 9.17) is 25.5 Å². The highest BCUT2D eigenvalue weighted by Gasteiger charge is 2.34. The summed E-state index contributed by atoms with van der Waals surface area (Å²) in [6, 6.07) is 28.8. The summed E-state index contributed by atoms with van der Waals surface area (Å²) in [5.41, 5.74) is -0.310. The van der Waals surface area contributed by atoms with E-state index < -0.39 is 46.0 Å². The number of rotatable bonds is 19. The van der Waals surface area contributed by atoms with Crippen molar-refractivity contribution in [2.24, 2.45) is 0 Å². The Labute approximate surface area is 339 Å². The van der Waals surface area contributed by atoms with Gasteiger partial charge >= 0.3 is 11.2 Å². The van der Waals surface area contributed by atoms with Gasteiger partial charge in [-0.15, -0.1) is 11.6 Å². The zero-order valence-electron chi connectivity index (χ0n) is 32.2. The molecule has 6 rings (SSSR count). The smallest absolute Gasteiger partial charge is 0.363 e. The minimum absolute atomic E-state index is 0.0322. The summed E-state index contributed by atoms with van der Waals surface area (Å²) in [4.78, 5) is 29.8. The first-order valence-electron chi connectivity index (χ1n) is 18.9. The predicted molar refractivity (Wildman–Crippen MR) is 220 cm³/mol. The summed E-state index contributed by atoms with van der Waals surface area (Å²) in [6.07, 6.45) is 3.88. The minimum Gasteiger partial charge on any atom is -0.545 e. The van der Waals surface area contributed by atoms with Crippen LogP contribution in [0, 0.1) is 17.5 Å². The molecule has 1 aromatic heterocycles. The number of hydrogen-bond acceptors (Lipinski definition) is 7. The average molecular weight is 814 g/mol. The molecule has 0 unspecified atom stereocenters. The molecule has 13 heteroatoms. The summed E-state index contributed by atoms with van der Waals surface area (Å²) in [6.45, 7) is 0.875. The quantitative estimate of drug-likeness (QED) is 0.0284. The Balaban J connectivity index is 1.39. The van der Waals surface area contributed by atoms with Crippen molar-refractivity contribution in [2.45, 2.75) is 25.7 Å².